The van der Waals surface area contributed by atoms with Crippen molar-refractivity contribution in [1.82, 2.24) is 5.32 Å². The maximum Gasteiger partial charge on any atom is 0.251 e. The van der Waals surface area contributed by atoms with Crippen LogP contribution in [0.4, 0.5) is 8.78 Å². The number of carbonyl (C=O) groups is 1. The highest BCUT2D eigenvalue weighted by molar-refractivity contribution is 5.95. The smallest absolute Gasteiger partial charge is 0.251 e. The Hall–Kier alpha value is -4.36. The van der Waals surface area contributed by atoms with Gasteiger partial charge < -0.3 is 16.2 Å². The van der Waals surface area contributed by atoms with Crippen molar-refractivity contribution in [2.75, 3.05) is 0 Å². The lowest BCUT2D eigenvalue weighted by atomic mass is 9.76. The zero-order chi connectivity index (χ0) is 27.1. The summed E-state index contributed by atoms with van der Waals surface area (Å²) in [6, 6.07) is 19.5. The van der Waals surface area contributed by atoms with Crippen LogP contribution < -0.4 is 11.1 Å². The predicted octanol–water partition coefficient (Wildman–Crippen LogP) is 5.70. The number of nitrogens with one attached hydrogen (secondary N) is 2. The first-order valence-corrected chi connectivity index (χ1v) is 12.3. The van der Waals surface area contributed by atoms with Crippen LogP contribution in [0.5, 0.6) is 0 Å². The van der Waals surface area contributed by atoms with Crippen LogP contribution in [0.15, 0.2) is 72.8 Å². The molecule has 2 atom stereocenters. The van der Waals surface area contributed by atoms with Gasteiger partial charge in [0, 0.05) is 35.2 Å². The van der Waals surface area contributed by atoms with Crippen molar-refractivity contribution in [3.63, 3.8) is 0 Å². The molecule has 0 aromatic heterocycles. The van der Waals surface area contributed by atoms with Crippen LogP contribution in [0.2, 0.25) is 0 Å². The summed E-state index contributed by atoms with van der Waals surface area (Å²) in [6.07, 6.45) is -1.01. The molecule has 1 aliphatic carbocycles. The van der Waals surface area contributed by atoms with Crippen molar-refractivity contribution in [2.24, 2.45) is 5.73 Å². The molecule has 0 bridgehead atoms. The average molecular weight is 512 g/mol. The third-order valence-electron chi connectivity index (χ3n) is 7.29. The molecule has 5 N–H and O–H groups in total. The molecule has 4 aromatic rings. The highest BCUT2D eigenvalue weighted by Gasteiger charge is 2.30. The van der Waals surface area contributed by atoms with Gasteiger partial charge in [0.15, 0.2) is 0 Å². The summed E-state index contributed by atoms with van der Waals surface area (Å²) in [7, 11) is 0. The summed E-state index contributed by atoms with van der Waals surface area (Å²) in [4.78, 5) is 13.0. The number of fused-ring (bicyclic) bond motifs is 2. The molecular formula is C31H27F2N3O2. The van der Waals surface area contributed by atoms with E-state index in [0.717, 1.165) is 28.3 Å². The van der Waals surface area contributed by atoms with Crippen LogP contribution in [-0.4, -0.2) is 16.8 Å². The van der Waals surface area contributed by atoms with E-state index < -0.39 is 17.7 Å². The number of nitrogens with two attached hydrogens (primary N) is 1. The second kappa shape index (κ2) is 9.84. The van der Waals surface area contributed by atoms with Crippen molar-refractivity contribution in [1.29, 1.82) is 5.41 Å². The summed E-state index contributed by atoms with van der Waals surface area (Å²) >= 11 is 0. The highest BCUT2D eigenvalue weighted by Crippen LogP contribution is 2.43. The van der Waals surface area contributed by atoms with Crippen molar-refractivity contribution in [3.05, 3.63) is 129 Å². The number of aliphatic hydroxyl groups excluding tert-OH is 1. The lowest BCUT2D eigenvalue weighted by Gasteiger charge is -2.30. The van der Waals surface area contributed by atoms with Crippen molar-refractivity contribution in [3.8, 4) is 11.1 Å². The minimum Gasteiger partial charge on any atom is -0.384 e. The first kappa shape index (κ1) is 25.3. The van der Waals surface area contributed by atoms with Gasteiger partial charge in [-0.25, -0.2) is 8.78 Å². The van der Waals surface area contributed by atoms with Crippen LogP contribution in [0.1, 0.15) is 68.2 Å². The zero-order valence-corrected chi connectivity index (χ0v) is 21.0. The van der Waals surface area contributed by atoms with Crippen LogP contribution in [0.25, 0.3) is 11.1 Å². The third kappa shape index (κ3) is 4.57. The van der Waals surface area contributed by atoms with E-state index in [-0.39, 0.29) is 23.2 Å². The van der Waals surface area contributed by atoms with E-state index in [0.29, 0.717) is 34.4 Å². The fourth-order valence-electron chi connectivity index (χ4n) is 5.12. The second-order valence-corrected chi connectivity index (χ2v) is 9.67. The summed E-state index contributed by atoms with van der Waals surface area (Å²) in [5.41, 5.74) is 12.3. The van der Waals surface area contributed by atoms with Gasteiger partial charge >= 0.3 is 0 Å². The number of hydrogen-bond acceptors (Lipinski definition) is 3. The molecule has 4 aromatic carbocycles. The number of amidine groups is 1. The van der Waals surface area contributed by atoms with Crippen LogP contribution in [0.3, 0.4) is 0 Å². The molecule has 7 heteroatoms. The Bertz CT molecular complexity index is 1600. The van der Waals surface area contributed by atoms with Gasteiger partial charge in [0.25, 0.3) is 5.91 Å². The van der Waals surface area contributed by atoms with Crippen molar-refractivity contribution in [2.45, 2.75) is 32.4 Å². The number of aliphatic hydroxyl groups is 1. The summed E-state index contributed by atoms with van der Waals surface area (Å²) in [5.74, 6) is -1.66. The monoisotopic (exact) mass is 511 g/mol. The lowest BCUT2D eigenvalue weighted by Crippen LogP contribution is -2.24. The van der Waals surface area contributed by atoms with Gasteiger partial charge in [-0.1, -0.05) is 37.3 Å². The number of nitrogen functional groups attached to an aromatic ring is 1. The van der Waals surface area contributed by atoms with Crippen molar-refractivity contribution >= 4 is 11.7 Å². The number of amides is 1. The summed E-state index contributed by atoms with van der Waals surface area (Å²) < 4.78 is 27.8. The molecule has 38 heavy (non-hydrogen) atoms. The second-order valence-electron chi connectivity index (χ2n) is 9.67. The quantitative estimate of drug-likeness (QED) is 0.204. The Kier molecular flexibility index (Phi) is 6.55. The minimum absolute atomic E-state index is 0.0120. The molecule has 0 heterocycles. The molecule has 0 spiro atoms. The molecule has 0 radical (unpaired) electrons. The van der Waals surface area contributed by atoms with E-state index in [9.17, 15) is 18.7 Å². The molecule has 0 unspecified atom stereocenters. The van der Waals surface area contributed by atoms with Crippen LogP contribution in [-0.2, 0) is 6.54 Å². The molecule has 192 valence electrons. The standard InChI is InChI=1S/C31H27F2N3O2/c1-16-11-19(30(34)35)3-4-21(16)15-36-31(38)20-6-9-24-17(2)23-8-5-18(12-26(23)29(37)27(24)13-20)25-10-7-22(32)14-28(25)33/h3-14,17,29,37H,15H2,1-2H3,(H3,34,35)(H,36,38)/t17-,29+/m0/s1. The molecule has 0 fully saturated rings. The van der Waals surface area contributed by atoms with E-state index >= 15 is 0 Å². The fourth-order valence-corrected chi connectivity index (χ4v) is 5.12. The van der Waals surface area contributed by atoms with E-state index in [4.69, 9.17) is 11.1 Å². The largest absolute Gasteiger partial charge is 0.384 e. The van der Waals surface area contributed by atoms with Crippen LogP contribution in [0, 0.1) is 24.0 Å². The first-order valence-electron chi connectivity index (χ1n) is 12.3. The molecular weight excluding hydrogens is 484 g/mol. The Labute approximate surface area is 219 Å². The fraction of sp³-hybridized carbons (Fsp3) is 0.161. The number of aryl methyl sites for hydroxylation is 1. The molecule has 1 aliphatic rings. The summed E-state index contributed by atoms with van der Waals surface area (Å²) in [5, 5.41) is 21.8. The number of hydrogen-bond donors (Lipinski definition) is 4. The Morgan fingerprint density at radius 3 is 2.29 bits per heavy atom. The van der Waals surface area contributed by atoms with Gasteiger partial charge in [-0.2, -0.15) is 0 Å². The van der Waals surface area contributed by atoms with Crippen LogP contribution >= 0.6 is 0 Å². The normalized spacial score (nSPS) is 15.9. The highest BCUT2D eigenvalue weighted by atomic mass is 19.1. The molecule has 0 saturated carbocycles. The lowest BCUT2D eigenvalue weighted by molar-refractivity contribution is 0.0950. The average Bonchev–Trinajstić information content (AvgIpc) is 2.90. The SMILES string of the molecule is Cc1cc(C(=N)N)ccc1CNC(=O)c1ccc2c(c1)[C@H](O)c1cc(-c3ccc(F)cc3F)ccc1[C@@H]2C. The predicted molar refractivity (Wildman–Crippen MR) is 143 cm³/mol. The number of benzene rings is 4. The molecule has 1 amide bonds. The van der Waals surface area contributed by atoms with E-state index in [1.165, 1.54) is 12.1 Å². The van der Waals surface area contributed by atoms with Crippen molar-refractivity contribution < 1.29 is 18.7 Å². The Morgan fingerprint density at radius 1 is 0.921 bits per heavy atom. The van der Waals surface area contributed by atoms with E-state index in [1.54, 1.807) is 30.3 Å². The molecule has 5 rings (SSSR count). The maximum absolute atomic E-state index is 14.4. The van der Waals surface area contributed by atoms with Gasteiger partial charge in [-0.15, -0.1) is 0 Å². The maximum atomic E-state index is 14.4. The third-order valence-corrected chi connectivity index (χ3v) is 7.29. The number of halogens is 2. The molecule has 5 nitrogen and oxygen atoms in total. The molecule has 0 aliphatic heterocycles. The zero-order valence-electron chi connectivity index (χ0n) is 21.0. The minimum atomic E-state index is -1.01. The topological polar surface area (TPSA) is 99.2 Å². The van der Waals surface area contributed by atoms with E-state index in [1.807, 2.05) is 38.1 Å². The Morgan fingerprint density at radius 2 is 1.61 bits per heavy atom. The van der Waals surface area contributed by atoms with Gasteiger partial charge in [0.2, 0.25) is 0 Å². The Balaban J connectivity index is 1.41. The summed E-state index contributed by atoms with van der Waals surface area (Å²) in [6.45, 7) is 4.22. The van der Waals surface area contributed by atoms with E-state index in [2.05, 4.69) is 5.32 Å². The van der Waals surface area contributed by atoms with Gasteiger partial charge in [-0.05, 0) is 82.3 Å². The molecule has 0 saturated heterocycles. The van der Waals surface area contributed by atoms with Gasteiger partial charge in [0.05, 0.1) is 0 Å². The number of carbonyl (C=O) groups excluding carboxylic acids is 1. The van der Waals surface area contributed by atoms with Gasteiger partial charge in [-0.3, -0.25) is 10.2 Å². The first-order chi connectivity index (χ1) is 18.1. The number of rotatable bonds is 5. The van der Waals surface area contributed by atoms with Gasteiger partial charge in [0.1, 0.15) is 23.6 Å².